The van der Waals surface area contributed by atoms with E-state index in [9.17, 15) is 13.5 Å². The zero-order valence-electron chi connectivity index (χ0n) is 14.1. The van der Waals surface area contributed by atoms with E-state index in [1.54, 1.807) is 14.0 Å². The summed E-state index contributed by atoms with van der Waals surface area (Å²) in [6, 6.07) is 0. The van der Waals surface area contributed by atoms with Crippen molar-refractivity contribution in [1.29, 1.82) is 0 Å². The molecule has 0 spiro atoms. The fourth-order valence-electron chi connectivity index (χ4n) is 2.50. The highest BCUT2D eigenvalue weighted by molar-refractivity contribution is 7.89. The molecular weight excluding hydrogens is 286 g/mol. The molecule has 0 bridgehead atoms. The molecule has 0 fully saturated rings. The van der Waals surface area contributed by atoms with Gasteiger partial charge in [-0.05, 0) is 75.8 Å². The molecule has 1 N–H and O–H groups in total. The lowest BCUT2D eigenvalue weighted by Gasteiger charge is -2.23. The van der Waals surface area contributed by atoms with E-state index in [2.05, 4.69) is 0 Å². The van der Waals surface area contributed by atoms with Crippen molar-refractivity contribution in [2.24, 2.45) is 0 Å². The van der Waals surface area contributed by atoms with Crippen LogP contribution >= 0.6 is 0 Å². The molecule has 1 unspecified atom stereocenters. The van der Waals surface area contributed by atoms with Crippen LogP contribution in [0.15, 0.2) is 4.90 Å². The first-order valence-electron chi connectivity index (χ1n) is 7.23. The summed E-state index contributed by atoms with van der Waals surface area (Å²) < 4.78 is 27.0. The summed E-state index contributed by atoms with van der Waals surface area (Å²) in [6.07, 6.45) is -0.0798. The zero-order chi connectivity index (χ0) is 16.5. The van der Waals surface area contributed by atoms with Gasteiger partial charge in [-0.15, -0.1) is 0 Å². The Morgan fingerprint density at radius 1 is 0.952 bits per heavy atom. The minimum absolute atomic E-state index is 0.310. The van der Waals surface area contributed by atoms with Crippen molar-refractivity contribution in [3.05, 3.63) is 27.8 Å². The van der Waals surface area contributed by atoms with Crippen LogP contribution in [-0.4, -0.2) is 37.5 Å². The summed E-state index contributed by atoms with van der Waals surface area (Å²) in [5, 5.41) is 9.35. The molecule has 0 aliphatic heterocycles. The van der Waals surface area contributed by atoms with E-state index in [-0.39, 0.29) is 0 Å². The Morgan fingerprint density at radius 3 is 1.71 bits per heavy atom. The Hall–Kier alpha value is -0.910. The smallest absolute Gasteiger partial charge is 0.243 e. The number of aliphatic hydroxyl groups is 1. The van der Waals surface area contributed by atoms with Gasteiger partial charge in [0, 0.05) is 13.6 Å². The molecule has 4 nitrogen and oxygen atoms in total. The molecule has 0 aliphatic carbocycles. The van der Waals surface area contributed by atoms with E-state index in [1.807, 2.05) is 34.6 Å². The highest BCUT2D eigenvalue weighted by Gasteiger charge is 2.27. The highest BCUT2D eigenvalue weighted by Crippen LogP contribution is 2.31. The van der Waals surface area contributed by atoms with Crippen LogP contribution in [0.3, 0.4) is 0 Å². The predicted molar refractivity (Wildman–Crippen MR) is 86.2 cm³/mol. The van der Waals surface area contributed by atoms with Crippen molar-refractivity contribution in [2.45, 2.75) is 59.0 Å². The van der Waals surface area contributed by atoms with Crippen molar-refractivity contribution in [1.82, 2.24) is 4.31 Å². The molecule has 1 rings (SSSR count). The van der Waals surface area contributed by atoms with Crippen molar-refractivity contribution >= 4 is 10.0 Å². The van der Waals surface area contributed by atoms with E-state index in [1.165, 1.54) is 4.31 Å². The minimum Gasteiger partial charge on any atom is -0.393 e. The third kappa shape index (κ3) is 3.47. The van der Waals surface area contributed by atoms with Crippen LogP contribution in [0.25, 0.3) is 0 Å². The first-order valence-corrected chi connectivity index (χ1v) is 8.67. The molecule has 0 amide bonds. The molecule has 0 radical (unpaired) electrons. The van der Waals surface area contributed by atoms with Gasteiger partial charge in [-0.25, -0.2) is 12.7 Å². The third-order valence-corrected chi connectivity index (χ3v) is 6.59. The van der Waals surface area contributed by atoms with Gasteiger partial charge in [0.1, 0.15) is 0 Å². The third-order valence-electron chi connectivity index (χ3n) is 4.46. The number of hydrogen-bond acceptors (Lipinski definition) is 3. The molecule has 0 saturated heterocycles. The molecule has 21 heavy (non-hydrogen) atoms. The Morgan fingerprint density at radius 2 is 1.33 bits per heavy atom. The summed E-state index contributed by atoms with van der Waals surface area (Å²) in [7, 11) is -1.96. The molecule has 1 atom stereocenters. The van der Waals surface area contributed by atoms with Crippen molar-refractivity contribution < 1.29 is 13.5 Å². The number of nitrogens with zero attached hydrogens (tertiary/aromatic N) is 1. The van der Waals surface area contributed by atoms with Crippen LogP contribution < -0.4 is 0 Å². The van der Waals surface area contributed by atoms with Crippen LogP contribution in [0.5, 0.6) is 0 Å². The second kappa shape index (κ2) is 6.46. The molecule has 5 heteroatoms. The second-order valence-electron chi connectivity index (χ2n) is 5.92. The molecular formula is C16H27NO3S. The normalized spacial score (nSPS) is 13.8. The second-order valence-corrected chi connectivity index (χ2v) is 7.90. The average Bonchev–Trinajstić information content (AvgIpc) is 2.40. The van der Waals surface area contributed by atoms with E-state index in [0.29, 0.717) is 17.9 Å². The van der Waals surface area contributed by atoms with Gasteiger partial charge < -0.3 is 5.11 Å². The van der Waals surface area contributed by atoms with Crippen LogP contribution in [0.1, 0.15) is 41.2 Å². The lowest BCUT2D eigenvalue weighted by atomic mass is 9.95. The Bertz CT molecular complexity index is 604. The molecule has 1 aromatic carbocycles. The van der Waals surface area contributed by atoms with E-state index >= 15 is 0 Å². The van der Waals surface area contributed by atoms with Crippen molar-refractivity contribution in [2.75, 3.05) is 13.6 Å². The van der Waals surface area contributed by atoms with E-state index in [4.69, 9.17) is 0 Å². The quantitative estimate of drug-likeness (QED) is 0.909. The van der Waals surface area contributed by atoms with Gasteiger partial charge in [-0.2, -0.15) is 0 Å². The monoisotopic (exact) mass is 313 g/mol. The van der Waals surface area contributed by atoms with Gasteiger partial charge in [-0.1, -0.05) is 0 Å². The molecule has 0 aliphatic rings. The molecule has 120 valence electrons. The average molecular weight is 313 g/mol. The summed E-state index contributed by atoms with van der Waals surface area (Å²) in [4.78, 5) is 0.413. The lowest BCUT2D eigenvalue weighted by Crippen LogP contribution is -2.31. The number of sulfonamides is 1. The van der Waals surface area contributed by atoms with Crippen LogP contribution in [0.4, 0.5) is 0 Å². The largest absolute Gasteiger partial charge is 0.393 e. The Labute approximate surface area is 128 Å². The van der Waals surface area contributed by atoms with Gasteiger partial charge >= 0.3 is 0 Å². The fourth-order valence-corrected chi connectivity index (χ4v) is 4.23. The Kier molecular flexibility index (Phi) is 5.58. The summed E-state index contributed by atoms with van der Waals surface area (Å²) in [5.41, 5.74) is 4.84. The van der Waals surface area contributed by atoms with E-state index < -0.39 is 16.1 Å². The summed E-state index contributed by atoms with van der Waals surface area (Å²) >= 11 is 0. The van der Waals surface area contributed by atoms with Crippen LogP contribution in [-0.2, 0) is 10.0 Å². The number of aliphatic hydroxyl groups excluding tert-OH is 1. The van der Waals surface area contributed by atoms with Crippen molar-refractivity contribution in [3.63, 3.8) is 0 Å². The molecule has 0 heterocycles. The lowest BCUT2D eigenvalue weighted by molar-refractivity contribution is 0.177. The number of hydrogen-bond donors (Lipinski definition) is 1. The molecule has 0 saturated carbocycles. The Balaban J connectivity index is 3.39. The molecule has 0 aromatic heterocycles. The zero-order valence-corrected chi connectivity index (χ0v) is 14.9. The van der Waals surface area contributed by atoms with Crippen LogP contribution in [0.2, 0.25) is 0 Å². The first kappa shape index (κ1) is 18.1. The first-order chi connectivity index (χ1) is 9.51. The van der Waals surface area contributed by atoms with Crippen molar-refractivity contribution in [3.8, 4) is 0 Å². The maximum atomic E-state index is 12.8. The predicted octanol–water partition coefficient (Wildman–Crippen LogP) is 2.62. The maximum Gasteiger partial charge on any atom is 0.243 e. The highest BCUT2D eigenvalue weighted by atomic mass is 32.2. The van der Waals surface area contributed by atoms with Gasteiger partial charge in [0.25, 0.3) is 0 Å². The van der Waals surface area contributed by atoms with Gasteiger partial charge in [0.05, 0.1) is 11.0 Å². The SMILES string of the molecule is Cc1c(C)c(C)c(S(=O)(=O)N(C)CCC(C)O)c(C)c1C. The molecule has 1 aromatic rings. The van der Waals surface area contributed by atoms with Gasteiger partial charge in [0.15, 0.2) is 0 Å². The van der Waals surface area contributed by atoms with Gasteiger partial charge in [0.2, 0.25) is 10.0 Å². The summed E-state index contributed by atoms with van der Waals surface area (Å²) in [6.45, 7) is 11.7. The fraction of sp³-hybridized carbons (Fsp3) is 0.625. The minimum atomic E-state index is -3.54. The van der Waals surface area contributed by atoms with Crippen LogP contribution in [0, 0.1) is 34.6 Å². The standard InChI is InChI=1S/C16H27NO3S/c1-10(18)8-9-17(7)21(19,20)16-14(5)12(3)11(2)13(4)15(16)6/h10,18H,8-9H2,1-7H3. The number of rotatable bonds is 5. The summed E-state index contributed by atoms with van der Waals surface area (Å²) in [5.74, 6) is 0. The topological polar surface area (TPSA) is 57.6 Å². The number of benzene rings is 1. The maximum absolute atomic E-state index is 12.8. The van der Waals surface area contributed by atoms with E-state index in [0.717, 1.165) is 27.8 Å². The van der Waals surface area contributed by atoms with Gasteiger partial charge in [-0.3, -0.25) is 0 Å².